The van der Waals surface area contributed by atoms with E-state index in [-0.39, 0.29) is 40.1 Å². The topological polar surface area (TPSA) is 57.5 Å². The van der Waals surface area contributed by atoms with Gasteiger partial charge in [0.15, 0.2) is 23.2 Å². The lowest BCUT2D eigenvalue weighted by molar-refractivity contribution is 0.0524. The molecule has 0 atom stereocenters. The highest BCUT2D eigenvalue weighted by Crippen LogP contribution is 2.28. The number of rotatable bonds is 4. The molecule has 0 saturated carbocycles. The summed E-state index contributed by atoms with van der Waals surface area (Å²) in [6.45, 7) is 2.90. The lowest BCUT2D eigenvalue weighted by Gasteiger charge is -2.16. The third kappa shape index (κ3) is 3.11. The first-order valence-electron chi connectivity index (χ1n) is 8.35. The summed E-state index contributed by atoms with van der Waals surface area (Å²) >= 11 is 0. The molecule has 0 bridgehead atoms. The van der Waals surface area contributed by atoms with Crippen LogP contribution >= 0.6 is 0 Å². The van der Waals surface area contributed by atoms with Crippen molar-refractivity contribution in [3.63, 3.8) is 0 Å². The first-order valence-corrected chi connectivity index (χ1v) is 8.35. The zero-order valence-electron chi connectivity index (χ0n) is 15.3. The van der Waals surface area contributed by atoms with Gasteiger partial charge in [-0.3, -0.25) is 4.79 Å². The van der Waals surface area contributed by atoms with Crippen molar-refractivity contribution in [2.75, 3.05) is 13.7 Å². The maximum atomic E-state index is 14.2. The smallest absolute Gasteiger partial charge is 0.343 e. The zero-order chi connectivity index (χ0) is 20.6. The molecule has 8 heteroatoms. The summed E-state index contributed by atoms with van der Waals surface area (Å²) in [6.07, 6.45) is 1.17. The molecule has 3 rings (SSSR count). The number of ether oxygens (including phenoxy) is 2. The van der Waals surface area contributed by atoms with Crippen molar-refractivity contribution in [1.82, 2.24) is 4.57 Å². The lowest BCUT2D eigenvalue weighted by atomic mass is 10.1. The Bertz CT molecular complexity index is 1150. The van der Waals surface area contributed by atoms with E-state index in [0.29, 0.717) is 0 Å². The molecule has 3 aromatic rings. The number of hydrogen-bond donors (Lipinski definition) is 0. The molecular formula is C20H16F3NO4. The second-order valence-corrected chi connectivity index (χ2v) is 5.97. The highest BCUT2D eigenvalue weighted by Gasteiger charge is 2.22. The standard InChI is InChI=1S/C20H16F3NO4/c1-4-28-20(26)13-9-24(11-5-6-14(21)16(7-11)27-3)18-10(2)17(23)15(22)8-12(18)19(13)25/h5-9H,4H2,1-3H3. The van der Waals surface area contributed by atoms with Gasteiger partial charge in [-0.05, 0) is 32.0 Å². The van der Waals surface area contributed by atoms with Gasteiger partial charge < -0.3 is 14.0 Å². The third-order valence-corrected chi connectivity index (χ3v) is 4.32. The number of benzene rings is 2. The number of esters is 1. The number of pyridine rings is 1. The van der Waals surface area contributed by atoms with E-state index >= 15 is 0 Å². The molecule has 146 valence electrons. The Morgan fingerprint density at radius 3 is 2.50 bits per heavy atom. The number of fused-ring (bicyclic) bond motifs is 1. The number of aryl methyl sites for hydroxylation is 1. The van der Waals surface area contributed by atoms with E-state index in [1.807, 2.05) is 0 Å². The monoisotopic (exact) mass is 391 g/mol. The molecule has 0 aliphatic heterocycles. The first kappa shape index (κ1) is 19.5. The molecule has 5 nitrogen and oxygen atoms in total. The van der Waals surface area contributed by atoms with Crippen molar-refractivity contribution >= 4 is 16.9 Å². The molecule has 0 radical (unpaired) electrons. The Kier molecular flexibility index (Phi) is 5.13. The summed E-state index contributed by atoms with van der Waals surface area (Å²) < 4.78 is 53.1. The minimum atomic E-state index is -1.22. The average molecular weight is 391 g/mol. The van der Waals surface area contributed by atoms with E-state index in [9.17, 15) is 22.8 Å². The molecule has 0 unspecified atom stereocenters. The van der Waals surface area contributed by atoms with Crippen molar-refractivity contribution in [3.05, 3.63) is 69.3 Å². The van der Waals surface area contributed by atoms with Crippen LogP contribution in [0.3, 0.4) is 0 Å². The Morgan fingerprint density at radius 2 is 1.86 bits per heavy atom. The molecule has 0 N–H and O–H groups in total. The minimum Gasteiger partial charge on any atom is -0.494 e. The summed E-state index contributed by atoms with van der Waals surface area (Å²) in [5.41, 5.74) is -0.955. The fraction of sp³-hybridized carbons (Fsp3) is 0.200. The first-order chi connectivity index (χ1) is 13.3. The summed E-state index contributed by atoms with van der Waals surface area (Å²) in [6, 6.07) is 4.53. The van der Waals surface area contributed by atoms with Crippen LogP contribution in [0.15, 0.2) is 35.3 Å². The molecule has 0 aliphatic rings. The number of carbonyl (C=O) groups is 1. The van der Waals surface area contributed by atoms with Gasteiger partial charge in [0, 0.05) is 23.5 Å². The summed E-state index contributed by atoms with van der Waals surface area (Å²) in [4.78, 5) is 25.0. The molecule has 0 fully saturated rings. The van der Waals surface area contributed by atoms with Gasteiger partial charge in [0.1, 0.15) is 5.56 Å². The van der Waals surface area contributed by atoms with E-state index in [1.54, 1.807) is 6.92 Å². The zero-order valence-corrected chi connectivity index (χ0v) is 15.3. The molecule has 1 heterocycles. The fourth-order valence-corrected chi connectivity index (χ4v) is 2.98. The van der Waals surface area contributed by atoms with Crippen LogP contribution in [-0.2, 0) is 4.74 Å². The van der Waals surface area contributed by atoms with Crippen molar-refractivity contribution in [3.8, 4) is 11.4 Å². The van der Waals surface area contributed by atoms with Gasteiger partial charge in [-0.15, -0.1) is 0 Å². The molecule has 1 aromatic heterocycles. The number of methoxy groups -OCH3 is 1. The molecule has 0 aliphatic carbocycles. The molecule has 0 saturated heterocycles. The van der Waals surface area contributed by atoms with Gasteiger partial charge in [-0.1, -0.05) is 0 Å². The maximum Gasteiger partial charge on any atom is 0.343 e. The predicted octanol–water partition coefficient (Wildman–Crippen LogP) is 3.90. The Balaban J connectivity index is 2.46. The van der Waals surface area contributed by atoms with E-state index in [1.165, 1.54) is 36.9 Å². The highest BCUT2D eigenvalue weighted by molar-refractivity contribution is 5.95. The average Bonchev–Trinajstić information content (AvgIpc) is 2.67. The van der Waals surface area contributed by atoms with E-state index in [2.05, 4.69) is 0 Å². The van der Waals surface area contributed by atoms with Crippen molar-refractivity contribution in [2.24, 2.45) is 0 Å². The number of nitrogens with zero attached hydrogens (tertiary/aromatic N) is 1. The Morgan fingerprint density at radius 1 is 1.14 bits per heavy atom. The molecule has 0 amide bonds. The second kappa shape index (κ2) is 7.38. The third-order valence-electron chi connectivity index (χ3n) is 4.32. The van der Waals surface area contributed by atoms with Crippen molar-refractivity contribution in [2.45, 2.75) is 13.8 Å². The fourth-order valence-electron chi connectivity index (χ4n) is 2.98. The van der Waals surface area contributed by atoms with Crippen LogP contribution in [-0.4, -0.2) is 24.3 Å². The van der Waals surface area contributed by atoms with Gasteiger partial charge in [-0.2, -0.15) is 0 Å². The van der Waals surface area contributed by atoms with E-state index in [0.717, 1.165) is 12.1 Å². The highest BCUT2D eigenvalue weighted by atomic mass is 19.2. The van der Waals surface area contributed by atoms with E-state index < -0.39 is 28.8 Å². The number of aromatic nitrogens is 1. The molecule has 28 heavy (non-hydrogen) atoms. The Hall–Kier alpha value is -3.29. The maximum absolute atomic E-state index is 14.2. The predicted molar refractivity (Wildman–Crippen MR) is 96.7 cm³/mol. The van der Waals surface area contributed by atoms with Crippen LogP contribution in [0.2, 0.25) is 0 Å². The molecule has 2 aromatic carbocycles. The van der Waals surface area contributed by atoms with Crippen molar-refractivity contribution in [1.29, 1.82) is 0 Å². The van der Waals surface area contributed by atoms with Gasteiger partial charge in [0.05, 0.1) is 24.6 Å². The van der Waals surface area contributed by atoms with Crippen LogP contribution < -0.4 is 10.2 Å². The summed E-state index contributed by atoms with van der Waals surface area (Å²) in [7, 11) is 1.27. The second-order valence-electron chi connectivity index (χ2n) is 5.97. The quantitative estimate of drug-likeness (QED) is 0.633. The van der Waals surface area contributed by atoms with Gasteiger partial charge in [0.25, 0.3) is 0 Å². The van der Waals surface area contributed by atoms with Crippen LogP contribution in [0.5, 0.6) is 5.75 Å². The van der Waals surface area contributed by atoms with Gasteiger partial charge in [0.2, 0.25) is 5.43 Å². The molecular weight excluding hydrogens is 375 g/mol. The number of halogens is 3. The summed E-state index contributed by atoms with van der Waals surface area (Å²) in [5.74, 6) is -3.97. The van der Waals surface area contributed by atoms with Crippen LogP contribution in [0.4, 0.5) is 13.2 Å². The van der Waals surface area contributed by atoms with Crippen LogP contribution in [0.1, 0.15) is 22.8 Å². The van der Waals surface area contributed by atoms with Crippen molar-refractivity contribution < 1.29 is 27.4 Å². The van der Waals surface area contributed by atoms with Gasteiger partial charge >= 0.3 is 5.97 Å². The number of carbonyl (C=O) groups excluding carboxylic acids is 1. The summed E-state index contributed by atoms with van der Waals surface area (Å²) in [5, 5.41) is -0.203. The SMILES string of the molecule is CCOC(=O)c1cn(-c2ccc(F)c(OC)c2)c2c(C)c(F)c(F)cc2c1=O. The van der Waals surface area contributed by atoms with E-state index in [4.69, 9.17) is 9.47 Å². The largest absolute Gasteiger partial charge is 0.494 e. The molecule has 0 spiro atoms. The Labute approximate surface area is 157 Å². The van der Waals surface area contributed by atoms with Gasteiger partial charge in [-0.25, -0.2) is 18.0 Å². The lowest BCUT2D eigenvalue weighted by Crippen LogP contribution is -2.21. The van der Waals surface area contributed by atoms with Crippen LogP contribution in [0, 0.1) is 24.4 Å². The number of hydrogen-bond acceptors (Lipinski definition) is 4. The van der Waals surface area contributed by atoms with Crippen LogP contribution in [0.25, 0.3) is 16.6 Å². The minimum absolute atomic E-state index is 0.0253. The normalized spacial score (nSPS) is 10.9.